The third-order valence-electron chi connectivity index (χ3n) is 3.85. The molecular formula is C16H25N3O. The summed E-state index contributed by atoms with van der Waals surface area (Å²) < 4.78 is 0. The van der Waals surface area contributed by atoms with Crippen LogP contribution in [0.5, 0.6) is 0 Å². The van der Waals surface area contributed by atoms with Crippen LogP contribution in [0.25, 0.3) is 0 Å². The quantitative estimate of drug-likeness (QED) is 0.866. The lowest BCUT2D eigenvalue weighted by molar-refractivity contribution is 0.0947. The van der Waals surface area contributed by atoms with Crippen LogP contribution in [0.3, 0.4) is 0 Å². The van der Waals surface area contributed by atoms with Crippen LogP contribution in [-0.2, 0) is 0 Å². The summed E-state index contributed by atoms with van der Waals surface area (Å²) in [7, 11) is 1.85. The van der Waals surface area contributed by atoms with Crippen LogP contribution >= 0.6 is 0 Å². The monoisotopic (exact) mass is 275 g/mol. The first kappa shape index (κ1) is 14.9. The second kappa shape index (κ2) is 7.29. The number of benzene rings is 1. The average molecular weight is 275 g/mol. The Morgan fingerprint density at radius 3 is 2.70 bits per heavy atom. The van der Waals surface area contributed by atoms with Gasteiger partial charge in [0.1, 0.15) is 0 Å². The van der Waals surface area contributed by atoms with Gasteiger partial charge in [-0.2, -0.15) is 0 Å². The van der Waals surface area contributed by atoms with E-state index in [0.717, 1.165) is 29.9 Å². The largest absolute Gasteiger partial charge is 0.387 e. The number of carbonyl (C=O) groups excluding carboxylic acids is 1. The number of aryl methyl sites for hydroxylation is 1. The Balaban J connectivity index is 1.85. The Kier molecular flexibility index (Phi) is 5.41. The number of rotatable bonds is 5. The Morgan fingerprint density at radius 1 is 1.25 bits per heavy atom. The molecule has 1 heterocycles. The maximum atomic E-state index is 12.2. The number of amides is 1. The molecule has 4 nitrogen and oxygen atoms in total. The van der Waals surface area contributed by atoms with Crippen molar-refractivity contribution in [2.75, 3.05) is 38.5 Å². The molecule has 0 aliphatic carbocycles. The summed E-state index contributed by atoms with van der Waals surface area (Å²) in [5, 5.41) is 6.11. The number of likely N-dealkylation sites (tertiary alicyclic amines) is 1. The Morgan fingerprint density at radius 2 is 2.00 bits per heavy atom. The Labute approximate surface area is 121 Å². The first-order chi connectivity index (χ1) is 9.70. The lowest BCUT2D eigenvalue weighted by atomic mass is 10.1. The van der Waals surface area contributed by atoms with Crippen LogP contribution < -0.4 is 10.6 Å². The minimum Gasteiger partial charge on any atom is -0.387 e. The van der Waals surface area contributed by atoms with Gasteiger partial charge in [-0.3, -0.25) is 4.79 Å². The number of carbonyl (C=O) groups is 1. The molecule has 2 rings (SSSR count). The van der Waals surface area contributed by atoms with E-state index in [1.165, 1.54) is 32.4 Å². The summed E-state index contributed by atoms with van der Waals surface area (Å²) in [5.41, 5.74) is 2.76. The van der Waals surface area contributed by atoms with Gasteiger partial charge in [-0.25, -0.2) is 0 Å². The second-order valence-electron chi connectivity index (χ2n) is 5.46. The van der Waals surface area contributed by atoms with Gasteiger partial charge in [-0.05, 0) is 50.6 Å². The first-order valence-electron chi connectivity index (χ1n) is 7.49. The number of nitrogens with one attached hydrogen (secondary N) is 2. The van der Waals surface area contributed by atoms with E-state index in [0.29, 0.717) is 0 Å². The van der Waals surface area contributed by atoms with E-state index < -0.39 is 0 Å². The van der Waals surface area contributed by atoms with Crippen LogP contribution in [0.1, 0.15) is 35.2 Å². The van der Waals surface area contributed by atoms with Crippen LogP contribution in [0.2, 0.25) is 0 Å². The van der Waals surface area contributed by atoms with Gasteiger partial charge in [0.05, 0.1) is 5.56 Å². The van der Waals surface area contributed by atoms with Crippen molar-refractivity contribution in [3.63, 3.8) is 0 Å². The van der Waals surface area contributed by atoms with Crippen molar-refractivity contribution < 1.29 is 4.79 Å². The van der Waals surface area contributed by atoms with Crippen molar-refractivity contribution in [1.82, 2.24) is 10.2 Å². The van der Waals surface area contributed by atoms with Gasteiger partial charge in [0.2, 0.25) is 0 Å². The minimum absolute atomic E-state index is 0.00589. The molecule has 0 aromatic heterocycles. The zero-order valence-electron chi connectivity index (χ0n) is 12.5. The Bertz CT molecular complexity index is 453. The maximum absolute atomic E-state index is 12.2. The molecule has 1 aliphatic rings. The molecule has 1 aromatic rings. The minimum atomic E-state index is 0.00589. The van der Waals surface area contributed by atoms with Crippen molar-refractivity contribution in [3.8, 4) is 0 Å². The summed E-state index contributed by atoms with van der Waals surface area (Å²) in [5.74, 6) is 0.00589. The third-order valence-corrected chi connectivity index (χ3v) is 3.85. The smallest absolute Gasteiger partial charge is 0.253 e. The van der Waals surface area contributed by atoms with E-state index in [1.54, 1.807) is 0 Å². The number of hydrogen-bond acceptors (Lipinski definition) is 3. The van der Waals surface area contributed by atoms with Crippen molar-refractivity contribution in [3.05, 3.63) is 29.3 Å². The van der Waals surface area contributed by atoms with E-state index in [-0.39, 0.29) is 5.91 Å². The number of anilines is 1. The van der Waals surface area contributed by atoms with E-state index >= 15 is 0 Å². The lowest BCUT2D eigenvalue weighted by Gasteiger charge is -2.26. The van der Waals surface area contributed by atoms with Crippen LogP contribution in [0.15, 0.2) is 18.2 Å². The van der Waals surface area contributed by atoms with Crippen molar-refractivity contribution in [2.45, 2.75) is 26.2 Å². The zero-order valence-corrected chi connectivity index (χ0v) is 12.5. The highest BCUT2D eigenvalue weighted by Crippen LogP contribution is 2.16. The summed E-state index contributed by atoms with van der Waals surface area (Å²) in [4.78, 5) is 14.6. The number of nitrogens with zero attached hydrogens (tertiary/aromatic N) is 1. The molecule has 0 unspecified atom stereocenters. The number of piperidine rings is 1. The van der Waals surface area contributed by atoms with Gasteiger partial charge in [-0.1, -0.05) is 12.5 Å². The predicted molar refractivity (Wildman–Crippen MR) is 83.3 cm³/mol. The standard InChI is InChI=1S/C16H25N3O/c1-13-6-7-14(15(12-13)17-2)16(20)18-8-11-19-9-4-3-5-10-19/h6-7,12,17H,3-5,8-11H2,1-2H3,(H,18,20). The summed E-state index contributed by atoms with van der Waals surface area (Å²) in [6, 6.07) is 5.86. The van der Waals surface area contributed by atoms with E-state index in [9.17, 15) is 4.79 Å². The molecule has 1 fully saturated rings. The summed E-state index contributed by atoms with van der Waals surface area (Å²) >= 11 is 0. The fourth-order valence-corrected chi connectivity index (χ4v) is 2.67. The highest BCUT2D eigenvalue weighted by atomic mass is 16.1. The van der Waals surface area contributed by atoms with Crippen molar-refractivity contribution in [1.29, 1.82) is 0 Å². The van der Waals surface area contributed by atoms with Crippen LogP contribution in [0.4, 0.5) is 5.69 Å². The molecule has 0 atom stereocenters. The van der Waals surface area contributed by atoms with E-state index in [2.05, 4.69) is 15.5 Å². The van der Waals surface area contributed by atoms with Gasteiger partial charge in [0, 0.05) is 25.8 Å². The molecule has 1 aliphatic heterocycles. The van der Waals surface area contributed by atoms with Gasteiger partial charge < -0.3 is 15.5 Å². The van der Waals surface area contributed by atoms with Gasteiger partial charge >= 0.3 is 0 Å². The molecule has 1 aromatic carbocycles. The fraction of sp³-hybridized carbons (Fsp3) is 0.562. The molecule has 110 valence electrons. The van der Waals surface area contributed by atoms with Crippen LogP contribution in [0, 0.1) is 6.92 Å². The molecule has 1 amide bonds. The summed E-state index contributed by atoms with van der Waals surface area (Å²) in [6.07, 6.45) is 3.92. The Hall–Kier alpha value is -1.55. The second-order valence-corrected chi connectivity index (χ2v) is 5.46. The van der Waals surface area contributed by atoms with Gasteiger partial charge in [0.15, 0.2) is 0 Å². The van der Waals surface area contributed by atoms with Crippen molar-refractivity contribution >= 4 is 11.6 Å². The molecule has 1 saturated heterocycles. The maximum Gasteiger partial charge on any atom is 0.253 e. The lowest BCUT2D eigenvalue weighted by Crippen LogP contribution is -2.37. The molecule has 0 radical (unpaired) electrons. The SMILES string of the molecule is CNc1cc(C)ccc1C(=O)NCCN1CCCCC1. The van der Waals surface area contributed by atoms with Crippen molar-refractivity contribution in [2.24, 2.45) is 0 Å². The van der Waals surface area contributed by atoms with E-state index in [1.807, 2.05) is 32.2 Å². The first-order valence-corrected chi connectivity index (χ1v) is 7.49. The predicted octanol–water partition coefficient (Wildman–Crippen LogP) is 2.25. The molecular weight excluding hydrogens is 250 g/mol. The molecule has 20 heavy (non-hydrogen) atoms. The fourth-order valence-electron chi connectivity index (χ4n) is 2.67. The molecule has 2 N–H and O–H groups in total. The zero-order chi connectivity index (χ0) is 14.4. The third kappa shape index (κ3) is 3.97. The molecule has 0 saturated carbocycles. The van der Waals surface area contributed by atoms with E-state index in [4.69, 9.17) is 0 Å². The van der Waals surface area contributed by atoms with Gasteiger partial charge in [-0.15, -0.1) is 0 Å². The molecule has 4 heteroatoms. The highest BCUT2D eigenvalue weighted by Gasteiger charge is 2.12. The molecule has 0 bridgehead atoms. The summed E-state index contributed by atoms with van der Waals surface area (Å²) in [6.45, 7) is 6.03. The normalized spacial score (nSPS) is 15.9. The van der Waals surface area contributed by atoms with Crippen LogP contribution in [-0.4, -0.2) is 44.0 Å². The topological polar surface area (TPSA) is 44.4 Å². The number of hydrogen-bond donors (Lipinski definition) is 2. The van der Waals surface area contributed by atoms with Gasteiger partial charge in [0.25, 0.3) is 5.91 Å². The highest BCUT2D eigenvalue weighted by molar-refractivity contribution is 5.99. The molecule has 0 spiro atoms. The average Bonchev–Trinajstić information content (AvgIpc) is 2.48.